The van der Waals surface area contributed by atoms with Crippen LogP contribution >= 0.6 is 0 Å². The zero-order valence-corrected chi connectivity index (χ0v) is 9.46. The van der Waals surface area contributed by atoms with Crippen LogP contribution in [0.25, 0.3) is 0 Å². The second kappa shape index (κ2) is 4.61. The maximum absolute atomic E-state index is 11.9. The van der Waals surface area contributed by atoms with Gasteiger partial charge >= 0.3 is 5.97 Å². The van der Waals surface area contributed by atoms with E-state index in [0.717, 1.165) is 25.7 Å². The van der Waals surface area contributed by atoms with Crippen molar-refractivity contribution in [1.29, 1.82) is 0 Å². The number of aliphatic carboxylic acids is 1. The molecule has 0 amide bonds. The zero-order valence-electron chi connectivity index (χ0n) is 8.65. The lowest BCUT2D eigenvalue weighted by molar-refractivity contribution is -0.139. The monoisotopic (exact) mass is 231 g/mol. The van der Waals surface area contributed by atoms with Gasteiger partial charge in [-0.15, -0.1) is 0 Å². The summed E-state index contributed by atoms with van der Waals surface area (Å²) >= 11 is 0. The lowest BCUT2D eigenvalue weighted by Gasteiger charge is -2.34. The Balaban J connectivity index is 2.09. The highest BCUT2D eigenvalue weighted by Gasteiger charge is 2.38. The van der Waals surface area contributed by atoms with Gasteiger partial charge in [-0.1, -0.05) is 19.3 Å². The summed E-state index contributed by atoms with van der Waals surface area (Å²) in [5.41, 5.74) is 0. The van der Waals surface area contributed by atoms with Crippen LogP contribution in [0.3, 0.4) is 0 Å². The Morgan fingerprint density at radius 1 is 1.27 bits per heavy atom. The molecule has 0 aromatic heterocycles. The van der Waals surface area contributed by atoms with Crippen LogP contribution < -0.4 is 5.32 Å². The van der Waals surface area contributed by atoms with Gasteiger partial charge < -0.3 is 5.11 Å². The molecule has 1 heterocycles. The Labute approximate surface area is 91.9 Å². The van der Waals surface area contributed by atoms with Crippen LogP contribution in [0, 0.1) is 0 Å². The summed E-state index contributed by atoms with van der Waals surface area (Å²) in [7, 11) is -0.962. The van der Waals surface area contributed by atoms with Crippen molar-refractivity contribution in [2.45, 2.75) is 49.4 Å². The highest BCUT2D eigenvalue weighted by Crippen LogP contribution is 2.25. The quantitative estimate of drug-likeness (QED) is 0.689. The van der Waals surface area contributed by atoms with Crippen LogP contribution in [0.1, 0.15) is 32.1 Å². The van der Waals surface area contributed by atoms with E-state index in [2.05, 4.69) is 5.32 Å². The fourth-order valence-electron chi connectivity index (χ4n) is 2.52. The maximum Gasteiger partial charge on any atom is 0.321 e. The van der Waals surface area contributed by atoms with Gasteiger partial charge in [0.05, 0.1) is 5.25 Å². The molecular weight excluding hydrogens is 214 g/mol. The minimum absolute atomic E-state index is 0.156. The number of carboxylic acids is 1. The molecule has 0 radical (unpaired) electrons. The fraction of sp³-hybridized carbons (Fsp3) is 0.900. The average Bonchev–Trinajstić information content (AvgIpc) is 2.42. The molecule has 15 heavy (non-hydrogen) atoms. The molecule has 2 aliphatic rings. The molecule has 86 valence electrons. The molecule has 0 aromatic carbocycles. The number of fused-ring (bicyclic) bond motifs is 1. The molecule has 4 nitrogen and oxygen atoms in total. The van der Waals surface area contributed by atoms with Crippen LogP contribution in [0.15, 0.2) is 0 Å². The van der Waals surface area contributed by atoms with E-state index in [1.165, 1.54) is 6.42 Å². The van der Waals surface area contributed by atoms with E-state index >= 15 is 0 Å². The Bertz CT molecular complexity index is 282. The van der Waals surface area contributed by atoms with E-state index < -0.39 is 22.8 Å². The van der Waals surface area contributed by atoms with Crippen LogP contribution in [-0.4, -0.2) is 38.4 Å². The predicted octanol–water partition coefficient (Wildman–Crippen LogP) is 0.493. The summed E-state index contributed by atoms with van der Waals surface area (Å²) in [5, 5.41) is 12.2. The van der Waals surface area contributed by atoms with Gasteiger partial charge in [-0.05, 0) is 12.8 Å². The van der Waals surface area contributed by atoms with Gasteiger partial charge in [0.1, 0.15) is 6.04 Å². The van der Waals surface area contributed by atoms with Crippen LogP contribution in [0.2, 0.25) is 0 Å². The third-order valence-corrected chi connectivity index (χ3v) is 5.24. The van der Waals surface area contributed by atoms with Gasteiger partial charge in [0, 0.05) is 22.6 Å². The van der Waals surface area contributed by atoms with Crippen LogP contribution in [0.4, 0.5) is 0 Å². The minimum atomic E-state index is -0.962. The molecular formula is C10H17NO3S. The maximum atomic E-state index is 11.9. The fourth-order valence-corrected chi connectivity index (χ4v) is 4.34. The third kappa shape index (κ3) is 2.39. The van der Waals surface area contributed by atoms with Crippen molar-refractivity contribution < 1.29 is 14.1 Å². The second-order valence-electron chi connectivity index (χ2n) is 4.39. The molecule has 1 saturated heterocycles. The van der Waals surface area contributed by atoms with Crippen molar-refractivity contribution in [3.8, 4) is 0 Å². The summed E-state index contributed by atoms with van der Waals surface area (Å²) in [4.78, 5) is 10.9. The molecule has 5 heteroatoms. The van der Waals surface area contributed by atoms with Crippen molar-refractivity contribution in [3.63, 3.8) is 0 Å². The van der Waals surface area contributed by atoms with E-state index in [4.69, 9.17) is 5.11 Å². The van der Waals surface area contributed by atoms with Gasteiger partial charge in [-0.25, -0.2) is 0 Å². The molecule has 1 aliphatic heterocycles. The number of hydrogen-bond donors (Lipinski definition) is 2. The molecule has 2 rings (SSSR count). The van der Waals surface area contributed by atoms with Gasteiger partial charge in [0.25, 0.3) is 0 Å². The Morgan fingerprint density at radius 3 is 2.73 bits per heavy atom. The highest BCUT2D eigenvalue weighted by molar-refractivity contribution is 7.85. The third-order valence-electron chi connectivity index (χ3n) is 3.33. The molecule has 4 unspecified atom stereocenters. The van der Waals surface area contributed by atoms with Gasteiger partial charge in [-0.3, -0.25) is 14.3 Å². The van der Waals surface area contributed by atoms with Crippen LogP contribution in [0.5, 0.6) is 0 Å². The summed E-state index contributed by atoms with van der Waals surface area (Å²) in [6, 6.07) is -0.451. The minimum Gasteiger partial charge on any atom is -0.480 e. The SMILES string of the molecule is O=C(O)C1CS(=O)C2CCCCCC2N1. The summed E-state index contributed by atoms with van der Waals surface area (Å²) < 4.78 is 11.9. The molecule has 1 saturated carbocycles. The van der Waals surface area contributed by atoms with Crippen molar-refractivity contribution in [2.75, 3.05) is 5.75 Å². The summed E-state index contributed by atoms with van der Waals surface area (Å²) in [6.45, 7) is 0. The molecule has 4 atom stereocenters. The average molecular weight is 231 g/mol. The van der Waals surface area contributed by atoms with Gasteiger partial charge in [-0.2, -0.15) is 0 Å². The normalized spacial score (nSPS) is 41.6. The number of hydrogen-bond acceptors (Lipinski definition) is 3. The van der Waals surface area contributed by atoms with Crippen molar-refractivity contribution in [2.24, 2.45) is 0 Å². The molecule has 0 aromatic rings. The van der Waals surface area contributed by atoms with E-state index in [-0.39, 0.29) is 17.0 Å². The van der Waals surface area contributed by atoms with Crippen LogP contribution in [-0.2, 0) is 15.6 Å². The van der Waals surface area contributed by atoms with E-state index in [1.54, 1.807) is 0 Å². The lowest BCUT2D eigenvalue weighted by atomic mass is 10.1. The molecule has 0 spiro atoms. The van der Waals surface area contributed by atoms with E-state index in [0.29, 0.717) is 0 Å². The van der Waals surface area contributed by atoms with Gasteiger partial charge in [0.15, 0.2) is 0 Å². The van der Waals surface area contributed by atoms with E-state index in [1.807, 2.05) is 0 Å². The lowest BCUT2D eigenvalue weighted by Crippen LogP contribution is -2.57. The standard InChI is InChI=1S/C10H17NO3S/c12-10(13)8-6-15(14)9-5-3-1-2-4-7(9)11-8/h7-9,11H,1-6H2,(H,12,13). The Hall–Kier alpha value is -0.420. The smallest absolute Gasteiger partial charge is 0.321 e. The summed E-state index contributed by atoms with van der Waals surface area (Å²) in [6.07, 6.45) is 5.39. The highest BCUT2D eigenvalue weighted by atomic mass is 32.2. The summed E-state index contributed by atoms with van der Waals surface area (Å²) in [5.74, 6) is -0.595. The predicted molar refractivity (Wildman–Crippen MR) is 58.2 cm³/mol. The number of nitrogens with one attached hydrogen (secondary N) is 1. The zero-order chi connectivity index (χ0) is 10.8. The molecule has 1 aliphatic carbocycles. The van der Waals surface area contributed by atoms with Crippen molar-refractivity contribution in [3.05, 3.63) is 0 Å². The first kappa shape index (κ1) is 11.1. The number of rotatable bonds is 1. The molecule has 2 fully saturated rings. The Kier molecular flexibility index (Phi) is 3.41. The first-order valence-electron chi connectivity index (χ1n) is 5.54. The Morgan fingerprint density at radius 2 is 2.00 bits per heavy atom. The van der Waals surface area contributed by atoms with E-state index in [9.17, 15) is 9.00 Å². The topological polar surface area (TPSA) is 66.4 Å². The van der Waals surface area contributed by atoms with Crippen molar-refractivity contribution >= 4 is 16.8 Å². The van der Waals surface area contributed by atoms with Gasteiger partial charge in [0.2, 0.25) is 0 Å². The first-order chi connectivity index (χ1) is 7.18. The molecule has 2 N–H and O–H groups in total. The molecule has 0 bridgehead atoms. The second-order valence-corrected chi connectivity index (χ2v) is 6.09. The largest absolute Gasteiger partial charge is 0.480 e. The number of carboxylic acid groups (broad SMARTS) is 1. The van der Waals surface area contributed by atoms with Crippen molar-refractivity contribution in [1.82, 2.24) is 5.32 Å². The first-order valence-corrected chi connectivity index (χ1v) is 6.92. The number of carbonyl (C=O) groups is 1.